The maximum atomic E-state index is 12.7. The second-order valence-electron chi connectivity index (χ2n) is 5.67. The summed E-state index contributed by atoms with van der Waals surface area (Å²) < 4.78 is 16.4. The van der Waals surface area contributed by atoms with Crippen molar-refractivity contribution in [1.29, 1.82) is 0 Å². The maximum Gasteiger partial charge on any atom is 0.254 e. The SMILES string of the molecule is COc1cc(C(=O)N2CCC(C(N)=O)CC2)cc2c1OCCO2. The highest BCUT2D eigenvalue weighted by atomic mass is 16.6. The third kappa shape index (κ3) is 3.04. The van der Waals surface area contributed by atoms with Crippen molar-refractivity contribution in [2.45, 2.75) is 12.8 Å². The van der Waals surface area contributed by atoms with Gasteiger partial charge in [0, 0.05) is 24.6 Å². The number of hydrogen-bond acceptors (Lipinski definition) is 5. The Morgan fingerprint density at radius 1 is 1.22 bits per heavy atom. The van der Waals surface area contributed by atoms with Crippen molar-refractivity contribution in [3.8, 4) is 17.2 Å². The van der Waals surface area contributed by atoms with E-state index >= 15 is 0 Å². The molecule has 0 aliphatic carbocycles. The van der Waals surface area contributed by atoms with Crippen LogP contribution in [0.15, 0.2) is 12.1 Å². The van der Waals surface area contributed by atoms with E-state index in [1.54, 1.807) is 17.0 Å². The number of nitrogens with two attached hydrogens (primary N) is 1. The highest BCUT2D eigenvalue weighted by Gasteiger charge is 2.28. The van der Waals surface area contributed by atoms with E-state index < -0.39 is 0 Å². The average Bonchev–Trinajstić information content (AvgIpc) is 2.60. The highest BCUT2D eigenvalue weighted by molar-refractivity contribution is 5.96. The minimum atomic E-state index is -0.293. The fraction of sp³-hybridized carbons (Fsp3) is 0.500. The summed E-state index contributed by atoms with van der Waals surface area (Å²) in [7, 11) is 1.53. The molecule has 2 N–H and O–H groups in total. The molecule has 1 aromatic carbocycles. The highest BCUT2D eigenvalue weighted by Crippen LogP contribution is 2.40. The minimum absolute atomic E-state index is 0.108. The first-order valence-corrected chi connectivity index (χ1v) is 7.66. The van der Waals surface area contributed by atoms with Gasteiger partial charge in [-0.3, -0.25) is 9.59 Å². The Kier molecular flexibility index (Phi) is 4.27. The number of nitrogens with zero attached hydrogens (tertiary/aromatic N) is 1. The van der Waals surface area contributed by atoms with Crippen molar-refractivity contribution in [2.24, 2.45) is 11.7 Å². The second-order valence-corrected chi connectivity index (χ2v) is 5.67. The average molecular weight is 320 g/mol. The fourth-order valence-electron chi connectivity index (χ4n) is 2.95. The van der Waals surface area contributed by atoms with Crippen molar-refractivity contribution < 1.29 is 23.8 Å². The number of likely N-dealkylation sites (tertiary alicyclic amines) is 1. The molecule has 2 aliphatic heterocycles. The van der Waals surface area contributed by atoms with Crippen LogP contribution in [0.25, 0.3) is 0 Å². The standard InChI is InChI=1S/C16H20N2O5/c1-21-12-8-11(9-13-14(12)23-7-6-22-13)16(20)18-4-2-10(3-5-18)15(17)19/h8-10H,2-7H2,1H3,(H2,17,19). The summed E-state index contributed by atoms with van der Waals surface area (Å²) in [4.78, 5) is 25.6. The van der Waals surface area contributed by atoms with Crippen LogP contribution < -0.4 is 19.9 Å². The zero-order valence-corrected chi connectivity index (χ0v) is 13.0. The number of ether oxygens (including phenoxy) is 3. The van der Waals surface area contributed by atoms with Gasteiger partial charge >= 0.3 is 0 Å². The van der Waals surface area contributed by atoms with Crippen LogP contribution in [-0.4, -0.2) is 50.1 Å². The van der Waals surface area contributed by atoms with Crippen LogP contribution in [0.1, 0.15) is 23.2 Å². The van der Waals surface area contributed by atoms with Crippen molar-refractivity contribution in [3.63, 3.8) is 0 Å². The lowest BCUT2D eigenvalue weighted by molar-refractivity contribution is -0.123. The number of primary amides is 1. The van der Waals surface area contributed by atoms with Crippen LogP contribution >= 0.6 is 0 Å². The van der Waals surface area contributed by atoms with Gasteiger partial charge in [0.1, 0.15) is 13.2 Å². The van der Waals surface area contributed by atoms with Crippen LogP contribution in [0.3, 0.4) is 0 Å². The van der Waals surface area contributed by atoms with E-state index in [2.05, 4.69) is 0 Å². The summed E-state index contributed by atoms with van der Waals surface area (Å²) in [6.45, 7) is 1.93. The van der Waals surface area contributed by atoms with Crippen LogP contribution in [0.2, 0.25) is 0 Å². The first-order chi connectivity index (χ1) is 11.1. The Hall–Kier alpha value is -2.44. The molecule has 0 saturated carbocycles. The van der Waals surface area contributed by atoms with E-state index in [1.807, 2.05) is 0 Å². The maximum absolute atomic E-state index is 12.7. The Labute approximate surface area is 134 Å². The smallest absolute Gasteiger partial charge is 0.254 e. The molecule has 0 spiro atoms. The van der Waals surface area contributed by atoms with Crippen LogP contribution in [0, 0.1) is 5.92 Å². The Morgan fingerprint density at radius 3 is 2.57 bits per heavy atom. The molecular formula is C16H20N2O5. The van der Waals surface area contributed by atoms with E-state index in [9.17, 15) is 9.59 Å². The second kappa shape index (κ2) is 6.36. The van der Waals surface area contributed by atoms with Crippen LogP contribution in [0.5, 0.6) is 17.2 Å². The summed E-state index contributed by atoms with van der Waals surface area (Å²) in [5.74, 6) is 0.987. The largest absolute Gasteiger partial charge is 0.493 e. The van der Waals surface area contributed by atoms with Gasteiger partial charge in [0.15, 0.2) is 11.5 Å². The minimum Gasteiger partial charge on any atom is -0.493 e. The van der Waals surface area contributed by atoms with E-state index in [0.717, 1.165) is 0 Å². The van der Waals surface area contributed by atoms with Gasteiger partial charge in [-0.05, 0) is 25.0 Å². The number of fused-ring (bicyclic) bond motifs is 1. The van der Waals surface area contributed by atoms with E-state index in [4.69, 9.17) is 19.9 Å². The number of amides is 2. The molecule has 0 bridgehead atoms. The quantitative estimate of drug-likeness (QED) is 0.889. The summed E-state index contributed by atoms with van der Waals surface area (Å²) >= 11 is 0. The van der Waals surface area contributed by atoms with Gasteiger partial charge < -0.3 is 24.8 Å². The Morgan fingerprint density at radius 2 is 1.91 bits per heavy atom. The third-order valence-electron chi connectivity index (χ3n) is 4.26. The number of carbonyl (C=O) groups is 2. The lowest BCUT2D eigenvalue weighted by Gasteiger charge is -2.31. The topological polar surface area (TPSA) is 91.1 Å². The van der Waals surface area contributed by atoms with Gasteiger partial charge in [-0.15, -0.1) is 0 Å². The van der Waals surface area contributed by atoms with Crippen LogP contribution in [0.4, 0.5) is 0 Å². The molecule has 0 radical (unpaired) electrons. The predicted molar refractivity (Wildman–Crippen MR) is 81.8 cm³/mol. The summed E-state index contributed by atoms with van der Waals surface area (Å²) in [6.07, 6.45) is 1.20. The predicted octanol–water partition coefficient (Wildman–Crippen LogP) is 0.804. The third-order valence-corrected chi connectivity index (χ3v) is 4.26. The number of piperidine rings is 1. The molecule has 7 nitrogen and oxygen atoms in total. The normalized spacial score (nSPS) is 17.7. The molecule has 2 heterocycles. The molecule has 7 heteroatoms. The van der Waals surface area contributed by atoms with Crippen molar-refractivity contribution in [1.82, 2.24) is 4.90 Å². The summed E-state index contributed by atoms with van der Waals surface area (Å²) in [5.41, 5.74) is 5.81. The van der Waals surface area contributed by atoms with Gasteiger partial charge in [0.25, 0.3) is 5.91 Å². The zero-order valence-electron chi connectivity index (χ0n) is 13.0. The molecule has 2 amide bonds. The molecular weight excluding hydrogens is 300 g/mol. The molecule has 23 heavy (non-hydrogen) atoms. The number of benzene rings is 1. The first kappa shape index (κ1) is 15.5. The molecule has 0 aromatic heterocycles. The van der Waals surface area contributed by atoms with Crippen molar-refractivity contribution in [3.05, 3.63) is 17.7 Å². The molecule has 1 saturated heterocycles. The number of rotatable bonds is 3. The van der Waals surface area contributed by atoms with E-state index in [0.29, 0.717) is 62.0 Å². The lowest BCUT2D eigenvalue weighted by atomic mass is 9.96. The van der Waals surface area contributed by atoms with Crippen molar-refractivity contribution in [2.75, 3.05) is 33.4 Å². The number of hydrogen-bond donors (Lipinski definition) is 1. The molecule has 3 rings (SSSR count). The summed E-state index contributed by atoms with van der Waals surface area (Å²) in [5, 5.41) is 0. The van der Waals surface area contributed by atoms with Crippen molar-refractivity contribution >= 4 is 11.8 Å². The lowest BCUT2D eigenvalue weighted by Crippen LogP contribution is -2.41. The summed E-state index contributed by atoms with van der Waals surface area (Å²) in [6, 6.07) is 3.34. The van der Waals surface area contributed by atoms with Gasteiger partial charge in [0.2, 0.25) is 11.7 Å². The number of methoxy groups -OCH3 is 1. The van der Waals surface area contributed by atoms with E-state index in [-0.39, 0.29) is 17.7 Å². The van der Waals surface area contributed by atoms with Crippen LogP contribution in [-0.2, 0) is 4.79 Å². The monoisotopic (exact) mass is 320 g/mol. The van der Waals surface area contributed by atoms with Gasteiger partial charge in [-0.1, -0.05) is 0 Å². The zero-order chi connectivity index (χ0) is 16.4. The molecule has 0 unspecified atom stereocenters. The Bertz CT molecular complexity index is 606. The number of carbonyl (C=O) groups excluding carboxylic acids is 2. The van der Waals surface area contributed by atoms with Gasteiger partial charge in [-0.2, -0.15) is 0 Å². The molecule has 0 atom stereocenters. The molecule has 1 fully saturated rings. The van der Waals surface area contributed by atoms with Gasteiger partial charge in [0.05, 0.1) is 7.11 Å². The fourth-order valence-corrected chi connectivity index (χ4v) is 2.95. The first-order valence-electron chi connectivity index (χ1n) is 7.66. The molecule has 1 aromatic rings. The molecule has 2 aliphatic rings. The van der Waals surface area contributed by atoms with E-state index in [1.165, 1.54) is 7.11 Å². The molecule has 124 valence electrons. The van der Waals surface area contributed by atoms with Gasteiger partial charge in [-0.25, -0.2) is 0 Å². The Balaban J connectivity index is 1.79.